The first-order chi connectivity index (χ1) is 13.7. The van der Waals surface area contributed by atoms with Gasteiger partial charge in [0, 0.05) is 30.1 Å². The molecule has 2 aromatic heterocycles. The van der Waals surface area contributed by atoms with Crippen molar-refractivity contribution in [2.45, 2.75) is 38.5 Å². The Labute approximate surface area is 167 Å². The Kier molecular flexibility index (Phi) is 5.87. The molecule has 0 saturated heterocycles. The van der Waals surface area contributed by atoms with E-state index in [9.17, 15) is 9.90 Å². The van der Waals surface area contributed by atoms with Crippen LogP contribution in [0.4, 0.5) is 0 Å². The number of hydrogen-bond acceptors (Lipinski definition) is 6. The topological polar surface area (TPSA) is 78.5 Å². The number of H-pyrrole nitrogens is 1. The lowest BCUT2D eigenvalue weighted by atomic mass is 10.1. The van der Waals surface area contributed by atoms with Crippen molar-refractivity contribution < 1.29 is 9.84 Å². The largest absolute Gasteiger partial charge is 0.389 e. The summed E-state index contributed by atoms with van der Waals surface area (Å²) in [6.07, 6.45) is 1.69. The van der Waals surface area contributed by atoms with Crippen LogP contribution in [-0.4, -0.2) is 51.9 Å². The average Bonchev–Trinajstić information content (AvgIpc) is 3.46. The van der Waals surface area contributed by atoms with Gasteiger partial charge in [-0.25, -0.2) is 4.98 Å². The Morgan fingerprint density at radius 1 is 1.36 bits per heavy atom. The Balaban J connectivity index is 1.57. The first-order valence-electron chi connectivity index (χ1n) is 9.71. The van der Waals surface area contributed by atoms with E-state index in [4.69, 9.17) is 9.72 Å². The van der Waals surface area contributed by atoms with E-state index in [0.29, 0.717) is 43.6 Å². The number of thiophene rings is 1. The fourth-order valence-electron chi connectivity index (χ4n) is 3.45. The van der Waals surface area contributed by atoms with Crippen molar-refractivity contribution in [3.8, 4) is 11.1 Å². The average molecular weight is 400 g/mol. The first kappa shape index (κ1) is 19.3. The molecule has 0 spiro atoms. The van der Waals surface area contributed by atoms with Gasteiger partial charge >= 0.3 is 0 Å². The summed E-state index contributed by atoms with van der Waals surface area (Å²) in [5.41, 5.74) is 1.84. The minimum absolute atomic E-state index is 0.106. The van der Waals surface area contributed by atoms with Crippen LogP contribution in [0.2, 0.25) is 0 Å². The number of aliphatic hydroxyl groups excluding tert-OH is 1. The van der Waals surface area contributed by atoms with Gasteiger partial charge < -0.3 is 14.8 Å². The number of aromatic amines is 1. The lowest BCUT2D eigenvalue weighted by Gasteiger charge is -2.24. The Hall–Kier alpha value is -2.06. The number of aromatic nitrogens is 2. The smallest absolute Gasteiger partial charge is 0.260 e. The minimum atomic E-state index is -0.539. The second-order valence-electron chi connectivity index (χ2n) is 7.18. The molecule has 0 radical (unpaired) electrons. The molecule has 1 aromatic carbocycles. The van der Waals surface area contributed by atoms with Gasteiger partial charge in [0.2, 0.25) is 0 Å². The molecule has 1 saturated carbocycles. The second kappa shape index (κ2) is 8.53. The molecule has 0 amide bonds. The third-order valence-corrected chi connectivity index (χ3v) is 5.83. The zero-order chi connectivity index (χ0) is 19.5. The number of nitrogens with one attached hydrogen (secondary N) is 1. The summed E-state index contributed by atoms with van der Waals surface area (Å²) >= 11 is 1.49. The van der Waals surface area contributed by atoms with E-state index in [2.05, 4.69) is 9.88 Å². The molecule has 0 bridgehead atoms. The van der Waals surface area contributed by atoms with Crippen LogP contribution in [0.15, 0.2) is 40.5 Å². The second-order valence-corrected chi connectivity index (χ2v) is 8.04. The summed E-state index contributed by atoms with van der Waals surface area (Å²) in [5.74, 6) is 0.648. The molecule has 6 nitrogen and oxygen atoms in total. The predicted molar refractivity (Wildman–Crippen MR) is 112 cm³/mol. The zero-order valence-corrected chi connectivity index (χ0v) is 16.7. The molecule has 2 heterocycles. The van der Waals surface area contributed by atoms with Crippen molar-refractivity contribution in [2.75, 3.05) is 19.8 Å². The Morgan fingerprint density at radius 2 is 2.14 bits per heavy atom. The summed E-state index contributed by atoms with van der Waals surface area (Å²) in [7, 11) is 0. The van der Waals surface area contributed by atoms with Gasteiger partial charge in [-0.15, -0.1) is 11.3 Å². The lowest BCUT2D eigenvalue weighted by Crippen LogP contribution is -2.37. The van der Waals surface area contributed by atoms with Gasteiger partial charge in [-0.2, -0.15) is 0 Å². The molecule has 1 aliphatic carbocycles. The molecule has 1 aliphatic rings. The maximum absolute atomic E-state index is 12.8. The number of hydrogen-bond donors (Lipinski definition) is 2. The van der Waals surface area contributed by atoms with Crippen LogP contribution in [0.1, 0.15) is 25.6 Å². The Morgan fingerprint density at radius 3 is 2.86 bits per heavy atom. The van der Waals surface area contributed by atoms with Crippen LogP contribution < -0.4 is 5.56 Å². The van der Waals surface area contributed by atoms with Gasteiger partial charge in [0.05, 0.1) is 24.6 Å². The zero-order valence-electron chi connectivity index (χ0n) is 15.9. The van der Waals surface area contributed by atoms with E-state index in [-0.39, 0.29) is 5.56 Å². The number of rotatable bonds is 9. The van der Waals surface area contributed by atoms with Gasteiger partial charge in [-0.3, -0.25) is 9.69 Å². The van der Waals surface area contributed by atoms with Crippen molar-refractivity contribution in [2.24, 2.45) is 0 Å². The molecule has 0 aliphatic heterocycles. The molecular formula is C21H25N3O3S. The van der Waals surface area contributed by atoms with Gasteiger partial charge in [-0.1, -0.05) is 30.3 Å². The van der Waals surface area contributed by atoms with Crippen LogP contribution in [0, 0.1) is 0 Å². The van der Waals surface area contributed by atoms with Crippen molar-refractivity contribution >= 4 is 21.6 Å². The molecule has 1 atom stereocenters. The number of ether oxygens (including phenoxy) is 1. The van der Waals surface area contributed by atoms with Crippen molar-refractivity contribution in [3.63, 3.8) is 0 Å². The molecule has 3 aromatic rings. The molecule has 28 heavy (non-hydrogen) atoms. The highest BCUT2D eigenvalue weighted by molar-refractivity contribution is 7.17. The predicted octanol–water partition coefficient (Wildman–Crippen LogP) is 3.01. The highest BCUT2D eigenvalue weighted by atomic mass is 32.1. The quantitative estimate of drug-likeness (QED) is 0.578. The normalized spacial score (nSPS) is 15.4. The van der Waals surface area contributed by atoms with Gasteiger partial charge in [0.1, 0.15) is 10.7 Å². The maximum Gasteiger partial charge on any atom is 0.260 e. The van der Waals surface area contributed by atoms with Crippen molar-refractivity contribution in [1.82, 2.24) is 14.9 Å². The summed E-state index contributed by atoms with van der Waals surface area (Å²) in [6, 6.07) is 10.4. The minimum Gasteiger partial charge on any atom is -0.389 e. The van der Waals surface area contributed by atoms with Crippen LogP contribution in [0.5, 0.6) is 0 Å². The summed E-state index contributed by atoms with van der Waals surface area (Å²) in [6.45, 7) is 3.88. The van der Waals surface area contributed by atoms with E-state index in [1.807, 2.05) is 42.6 Å². The third kappa shape index (κ3) is 4.33. The van der Waals surface area contributed by atoms with Crippen molar-refractivity contribution in [1.29, 1.82) is 0 Å². The summed E-state index contributed by atoms with van der Waals surface area (Å²) < 4.78 is 5.32. The highest BCUT2D eigenvalue weighted by Crippen LogP contribution is 2.31. The summed E-state index contributed by atoms with van der Waals surface area (Å²) in [4.78, 5) is 23.4. The van der Waals surface area contributed by atoms with Crippen LogP contribution in [0.3, 0.4) is 0 Å². The SMILES string of the molecule is CCOCC(O)CN(Cc1nc2scc(-c3ccccc3)c2c(=O)[nH]1)C1CC1. The van der Waals surface area contributed by atoms with Gasteiger partial charge in [-0.05, 0) is 25.3 Å². The van der Waals surface area contributed by atoms with E-state index < -0.39 is 6.10 Å². The maximum atomic E-state index is 12.8. The number of nitrogens with zero attached hydrogens (tertiary/aromatic N) is 2. The molecule has 148 valence electrons. The fraction of sp³-hybridized carbons (Fsp3) is 0.429. The molecule has 7 heteroatoms. The number of aliphatic hydroxyl groups is 1. The molecule has 2 N–H and O–H groups in total. The highest BCUT2D eigenvalue weighted by Gasteiger charge is 2.31. The van der Waals surface area contributed by atoms with E-state index in [0.717, 1.165) is 28.8 Å². The lowest BCUT2D eigenvalue weighted by molar-refractivity contribution is 0.0174. The van der Waals surface area contributed by atoms with Gasteiger partial charge in [0.25, 0.3) is 5.56 Å². The summed E-state index contributed by atoms with van der Waals surface area (Å²) in [5, 5.41) is 12.8. The van der Waals surface area contributed by atoms with Crippen LogP contribution >= 0.6 is 11.3 Å². The van der Waals surface area contributed by atoms with E-state index >= 15 is 0 Å². The molecule has 1 fully saturated rings. The van der Waals surface area contributed by atoms with E-state index in [1.165, 1.54) is 11.3 Å². The van der Waals surface area contributed by atoms with Crippen LogP contribution in [-0.2, 0) is 11.3 Å². The van der Waals surface area contributed by atoms with Crippen LogP contribution in [0.25, 0.3) is 21.3 Å². The molecule has 1 unspecified atom stereocenters. The Bertz CT molecular complexity index is 981. The third-order valence-electron chi connectivity index (χ3n) is 4.95. The monoisotopic (exact) mass is 399 g/mol. The fourth-order valence-corrected chi connectivity index (χ4v) is 4.42. The molecular weight excluding hydrogens is 374 g/mol. The number of fused-ring (bicyclic) bond motifs is 1. The first-order valence-corrected chi connectivity index (χ1v) is 10.6. The number of benzene rings is 1. The van der Waals surface area contributed by atoms with E-state index in [1.54, 1.807) is 0 Å². The standard InChI is InChI=1S/C21H25N3O3S/c1-2-27-12-16(25)10-24(15-8-9-15)11-18-22-20(26)19-17(13-28-21(19)23-18)14-6-4-3-5-7-14/h3-7,13,15-16,25H,2,8-12H2,1H3,(H,22,23,26). The van der Waals surface area contributed by atoms with Gasteiger partial charge in [0.15, 0.2) is 0 Å². The molecule has 4 rings (SSSR count). The van der Waals surface area contributed by atoms with Crippen molar-refractivity contribution in [3.05, 3.63) is 51.9 Å².